The van der Waals surface area contributed by atoms with E-state index in [1.54, 1.807) is 0 Å². The molecule has 0 saturated carbocycles. The second kappa shape index (κ2) is 4.11. The van der Waals surface area contributed by atoms with Gasteiger partial charge in [-0.05, 0) is 0 Å². The number of hydrogen-bond donors (Lipinski definition) is 1. The van der Waals surface area contributed by atoms with Crippen molar-refractivity contribution in [1.29, 1.82) is 0 Å². The number of rotatable bonds is 2. The molecule has 84 valence electrons. The van der Waals surface area contributed by atoms with Crippen molar-refractivity contribution in [2.45, 2.75) is 6.61 Å². The van der Waals surface area contributed by atoms with E-state index in [1.165, 1.54) is 29.8 Å². The van der Waals surface area contributed by atoms with Crippen LogP contribution in [0, 0.1) is 0 Å². The topological polar surface area (TPSA) is 63.8 Å². The van der Waals surface area contributed by atoms with Gasteiger partial charge in [0.2, 0.25) is 0 Å². The highest BCUT2D eigenvalue weighted by Crippen LogP contribution is 2.20. The fraction of sp³-hybridized carbons (Fsp3) is 0.200. The molecule has 2 aromatic rings. The smallest absolute Gasteiger partial charge is 0.258 e. The summed E-state index contributed by atoms with van der Waals surface area (Å²) in [5.74, 6) is -0.137. The number of aromatic hydroxyl groups is 1. The molecule has 2 rings (SSSR count). The fourth-order valence-electron chi connectivity index (χ4n) is 1.42. The van der Waals surface area contributed by atoms with Crippen LogP contribution in [0.25, 0.3) is 5.65 Å². The molecule has 0 aliphatic carbocycles. The van der Waals surface area contributed by atoms with E-state index in [-0.39, 0.29) is 28.6 Å². The summed E-state index contributed by atoms with van der Waals surface area (Å²) in [7, 11) is 1.51. The number of methoxy groups -OCH3 is 1. The van der Waals surface area contributed by atoms with Crippen molar-refractivity contribution >= 4 is 17.2 Å². The molecule has 0 spiro atoms. The molecular formula is C10H9ClN2O3. The fourth-order valence-corrected chi connectivity index (χ4v) is 1.62. The van der Waals surface area contributed by atoms with Crippen molar-refractivity contribution in [2.24, 2.45) is 0 Å². The summed E-state index contributed by atoms with van der Waals surface area (Å²) in [5.41, 5.74) is 0.323. The Morgan fingerprint density at radius 1 is 1.56 bits per heavy atom. The van der Waals surface area contributed by atoms with Crippen LogP contribution in [0.5, 0.6) is 5.75 Å². The van der Waals surface area contributed by atoms with Gasteiger partial charge >= 0.3 is 0 Å². The van der Waals surface area contributed by atoms with Gasteiger partial charge in [-0.15, -0.1) is 0 Å². The van der Waals surface area contributed by atoms with Crippen LogP contribution in [-0.4, -0.2) is 21.6 Å². The second-order valence-corrected chi connectivity index (χ2v) is 3.69. The molecule has 0 aromatic carbocycles. The van der Waals surface area contributed by atoms with Gasteiger partial charge in [-0.3, -0.25) is 9.20 Å². The highest BCUT2D eigenvalue weighted by Gasteiger charge is 2.07. The Morgan fingerprint density at radius 2 is 2.31 bits per heavy atom. The molecule has 6 heteroatoms. The Hall–Kier alpha value is -1.59. The molecule has 0 unspecified atom stereocenters. The average Bonchev–Trinajstić information content (AvgIpc) is 2.20. The zero-order chi connectivity index (χ0) is 11.7. The number of aromatic nitrogens is 2. The number of ether oxygens (including phenoxy) is 1. The molecular weight excluding hydrogens is 232 g/mol. The molecule has 0 bridgehead atoms. The molecule has 0 aliphatic rings. The summed E-state index contributed by atoms with van der Waals surface area (Å²) in [6.45, 7) is 0.216. The van der Waals surface area contributed by atoms with Crippen LogP contribution in [-0.2, 0) is 11.3 Å². The summed E-state index contributed by atoms with van der Waals surface area (Å²) in [5, 5.41) is 9.89. The lowest BCUT2D eigenvalue weighted by molar-refractivity contribution is 0.181. The second-order valence-electron chi connectivity index (χ2n) is 3.26. The molecule has 2 aromatic heterocycles. The van der Waals surface area contributed by atoms with E-state index >= 15 is 0 Å². The Kier molecular flexibility index (Phi) is 2.80. The van der Waals surface area contributed by atoms with Crippen LogP contribution in [0.3, 0.4) is 0 Å². The van der Waals surface area contributed by atoms with Crippen molar-refractivity contribution in [2.75, 3.05) is 7.11 Å². The minimum absolute atomic E-state index is 0.137. The minimum Gasteiger partial charge on any atom is -0.504 e. The first kappa shape index (κ1) is 10.9. The van der Waals surface area contributed by atoms with E-state index in [1.807, 2.05) is 0 Å². The minimum atomic E-state index is -0.310. The highest BCUT2D eigenvalue weighted by molar-refractivity contribution is 6.30. The van der Waals surface area contributed by atoms with Crippen LogP contribution in [0.4, 0.5) is 0 Å². The van der Waals surface area contributed by atoms with Crippen LogP contribution in [0.15, 0.2) is 23.1 Å². The standard InChI is InChI=1S/C10H9ClN2O3/c1-16-5-7-3-9(15)13-4-6(11)2-8(14)10(13)12-7/h2-4,14H,5H2,1H3. The summed E-state index contributed by atoms with van der Waals surface area (Å²) >= 11 is 5.72. The third kappa shape index (κ3) is 1.87. The normalized spacial score (nSPS) is 10.9. The highest BCUT2D eigenvalue weighted by atomic mass is 35.5. The number of fused-ring (bicyclic) bond motifs is 1. The quantitative estimate of drug-likeness (QED) is 0.857. The number of hydrogen-bond acceptors (Lipinski definition) is 4. The molecule has 5 nitrogen and oxygen atoms in total. The third-order valence-electron chi connectivity index (χ3n) is 2.05. The largest absolute Gasteiger partial charge is 0.504 e. The van der Waals surface area contributed by atoms with Gasteiger partial charge in [-0.1, -0.05) is 11.6 Å². The Morgan fingerprint density at radius 3 is 3.00 bits per heavy atom. The summed E-state index contributed by atoms with van der Waals surface area (Å²) in [6, 6.07) is 2.67. The Bertz CT molecular complexity index is 594. The van der Waals surface area contributed by atoms with Crippen molar-refractivity contribution in [3.05, 3.63) is 39.4 Å². The first-order valence-electron chi connectivity index (χ1n) is 4.51. The maximum absolute atomic E-state index is 11.7. The zero-order valence-corrected chi connectivity index (χ0v) is 9.23. The number of pyridine rings is 1. The lowest BCUT2D eigenvalue weighted by atomic mass is 10.3. The van der Waals surface area contributed by atoms with E-state index in [0.29, 0.717) is 5.69 Å². The SMILES string of the molecule is COCc1cc(=O)n2cc(Cl)cc(O)c2n1. The van der Waals surface area contributed by atoms with Crippen molar-refractivity contribution in [3.8, 4) is 5.75 Å². The van der Waals surface area contributed by atoms with Gasteiger partial charge in [-0.25, -0.2) is 4.98 Å². The van der Waals surface area contributed by atoms with Gasteiger partial charge < -0.3 is 9.84 Å². The maximum Gasteiger partial charge on any atom is 0.258 e. The van der Waals surface area contributed by atoms with Crippen LogP contribution >= 0.6 is 11.6 Å². The molecule has 0 aliphatic heterocycles. The predicted molar refractivity (Wildman–Crippen MR) is 58.8 cm³/mol. The molecule has 0 saturated heterocycles. The van der Waals surface area contributed by atoms with Gasteiger partial charge in [-0.2, -0.15) is 0 Å². The average molecular weight is 241 g/mol. The molecule has 0 amide bonds. The van der Waals surface area contributed by atoms with E-state index in [9.17, 15) is 9.90 Å². The summed E-state index contributed by atoms with van der Waals surface area (Å²) in [4.78, 5) is 15.8. The van der Waals surface area contributed by atoms with Gasteiger partial charge in [0.15, 0.2) is 11.4 Å². The number of nitrogens with zero attached hydrogens (tertiary/aromatic N) is 2. The van der Waals surface area contributed by atoms with Gasteiger partial charge in [0, 0.05) is 25.4 Å². The van der Waals surface area contributed by atoms with Crippen molar-refractivity contribution < 1.29 is 9.84 Å². The van der Waals surface area contributed by atoms with Crippen LogP contribution in [0.2, 0.25) is 5.02 Å². The first-order chi connectivity index (χ1) is 7.61. The third-order valence-corrected chi connectivity index (χ3v) is 2.26. The predicted octanol–water partition coefficient (Wildman–Crippen LogP) is 1.20. The first-order valence-corrected chi connectivity index (χ1v) is 4.89. The maximum atomic E-state index is 11.7. The monoisotopic (exact) mass is 240 g/mol. The van der Waals surface area contributed by atoms with Crippen molar-refractivity contribution in [3.63, 3.8) is 0 Å². The molecule has 16 heavy (non-hydrogen) atoms. The van der Waals surface area contributed by atoms with E-state index in [2.05, 4.69) is 4.98 Å². The molecule has 0 atom stereocenters. The van der Waals surface area contributed by atoms with Gasteiger partial charge in [0.25, 0.3) is 5.56 Å². The molecule has 1 N–H and O–H groups in total. The lowest BCUT2D eigenvalue weighted by Crippen LogP contribution is -2.15. The molecule has 0 radical (unpaired) electrons. The zero-order valence-electron chi connectivity index (χ0n) is 8.48. The van der Waals surface area contributed by atoms with E-state index < -0.39 is 0 Å². The Balaban J connectivity index is 2.77. The van der Waals surface area contributed by atoms with Gasteiger partial charge in [0.1, 0.15) is 0 Å². The number of halogens is 1. The van der Waals surface area contributed by atoms with Gasteiger partial charge in [0.05, 0.1) is 17.3 Å². The molecule has 2 heterocycles. The van der Waals surface area contributed by atoms with Crippen LogP contribution < -0.4 is 5.56 Å². The molecule has 0 fully saturated rings. The van der Waals surface area contributed by atoms with E-state index in [4.69, 9.17) is 16.3 Å². The van der Waals surface area contributed by atoms with Crippen LogP contribution in [0.1, 0.15) is 5.69 Å². The van der Waals surface area contributed by atoms with Crippen molar-refractivity contribution in [1.82, 2.24) is 9.38 Å². The van der Waals surface area contributed by atoms with E-state index in [0.717, 1.165) is 0 Å². The summed E-state index contributed by atoms with van der Waals surface area (Å²) in [6.07, 6.45) is 1.41. The Labute approximate surface area is 95.9 Å². The summed E-state index contributed by atoms with van der Waals surface area (Å²) < 4.78 is 6.07. The lowest BCUT2D eigenvalue weighted by Gasteiger charge is -2.05.